The van der Waals surface area contributed by atoms with Gasteiger partial charge in [-0.3, -0.25) is 0 Å². The monoisotopic (exact) mass is 1260 g/mol. The number of aromatic nitrogens is 1. The Balaban J connectivity index is 1.11. The van der Waals surface area contributed by atoms with Crippen LogP contribution >= 0.6 is 0 Å². The summed E-state index contributed by atoms with van der Waals surface area (Å²) in [6.07, 6.45) is 0. The van der Waals surface area contributed by atoms with Crippen molar-refractivity contribution in [1.82, 2.24) is 4.57 Å². The van der Waals surface area contributed by atoms with Gasteiger partial charge in [0.05, 0.1) is 16.7 Å². The van der Waals surface area contributed by atoms with E-state index in [1.54, 1.807) is 0 Å². The summed E-state index contributed by atoms with van der Waals surface area (Å²) in [6.45, 7) is 56.1. The molecule has 490 valence electrons. The summed E-state index contributed by atoms with van der Waals surface area (Å²) in [6, 6.07) is 77.1. The third-order valence-electron chi connectivity index (χ3n) is 20.9. The maximum atomic E-state index is 2.65. The lowest BCUT2D eigenvalue weighted by Crippen LogP contribution is -2.61. The normalized spacial score (nSPS) is 14.0. The second-order valence-corrected chi connectivity index (χ2v) is 36.6. The predicted molar refractivity (Wildman–Crippen MR) is 421 cm³/mol. The molecule has 0 aliphatic carbocycles. The molecule has 2 aliphatic rings. The van der Waals surface area contributed by atoms with E-state index in [0.717, 1.165) is 11.4 Å². The molecule has 4 heteroatoms. The van der Waals surface area contributed by atoms with Crippen molar-refractivity contribution in [2.45, 2.75) is 209 Å². The van der Waals surface area contributed by atoms with Gasteiger partial charge in [0, 0.05) is 44.9 Å². The molecule has 10 aromatic carbocycles. The quantitative estimate of drug-likeness (QED) is 0.154. The van der Waals surface area contributed by atoms with E-state index in [1.807, 2.05) is 0 Å². The minimum atomic E-state index is -0.129. The van der Waals surface area contributed by atoms with Crippen molar-refractivity contribution in [2.75, 3.05) is 9.80 Å². The van der Waals surface area contributed by atoms with Crippen molar-refractivity contribution >= 4 is 79.0 Å². The molecule has 0 N–H and O–H groups in total. The van der Waals surface area contributed by atoms with Gasteiger partial charge >= 0.3 is 0 Å². The Hall–Kier alpha value is -8.34. The van der Waals surface area contributed by atoms with E-state index < -0.39 is 0 Å². The zero-order chi connectivity index (χ0) is 69.1. The molecule has 0 atom stereocenters. The van der Waals surface area contributed by atoms with E-state index in [0.29, 0.717) is 0 Å². The van der Waals surface area contributed by atoms with Gasteiger partial charge in [-0.25, -0.2) is 0 Å². The standard InChI is InChI=1S/C92H104BN3/c1-85(2,3)63-44-60(45-64(51-63)86(4,5)6)57-32-37-71(38-33-57)94-78-42-36-59(62-48-67(89(13,14)15)53-68(49-62)90(16,17)18)50-76(78)93-75-41-43-79-82(74-28-25-26-29-77(74)95(79)73-55-69(91(19,20)21)54-70(56-73)92(22,23)24)84(75)96(81-31-27-30-80(94)83(81)93)72-39-34-58(35-40-72)61-46-65(87(7,8)9)52-66(47-61)88(10,11)12/h25-56H,1-24H3. The van der Waals surface area contributed by atoms with Crippen molar-refractivity contribution in [3.8, 4) is 39.1 Å². The van der Waals surface area contributed by atoms with Gasteiger partial charge in [-0.05, 0) is 204 Å². The second kappa shape index (κ2) is 22.6. The van der Waals surface area contributed by atoms with Crippen LogP contribution in [0.5, 0.6) is 0 Å². The van der Waals surface area contributed by atoms with Crippen molar-refractivity contribution < 1.29 is 0 Å². The Morgan fingerprint density at radius 1 is 0.250 bits per heavy atom. The molecule has 0 bridgehead atoms. The highest BCUT2D eigenvalue weighted by atomic mass is 15.2. The number of hydrogen-bond donors (Lipinski definition) is 0. The van der Waals surface area contributed by atoms with Gasteiger partial charge in [0.25, 0.3) is 6.71 Å². The van der Waals surface area contributed by atoms with E-state index in [4.69, 9.17) is 0 Å². The summed E-state index contributed by atoms with van der Waals surface area (Å²) < 4.78 is 2.58. The first kappa shape index (κ1) is 66.3. The van der Waals surface area contributed by atoms with Gasteiger partial charge < -0.3 is 14.4 Å². The van der Waals surface area contributed by atoms with Crippen molar-refractivity contribution in [3.05, 3.63) is 239 Å². The van der Waals surface area contributed by atoms with Crippen LogP contribution in [0.3, 0.4) is 0 Å². The summed E-state index contributed by atoms with van der Waals surface area (Å²) in [5.74, 6) is 0. The molecule has 0 amide bonds. The lowest BCUT2D eigenvalue weighted by atomic mass is 9.33. The van der Waals surface area contributed by atoms with E-state index in [2.05, 4.69) is 375 Å². The van der Waals surface area contributed by atoms with Crippen LogP contribution in [-0.4, -0.2) is 11.3 Å². The summed E-state index contributed by atoms with van der Waals surface area (Å²) in [5, 5.41) is 2.49. The minimum absolute atomic E-state index is 0.00256. The van der Waals surface area contributed by atoms with E-state index >= 15 is 0 Å². The maximum Gasteiger partial charge on any atom is 0.252 e. The van der Waals surface area contributed by atoms with Crippen LogP contribution in [0.4, 0.5) is 34.1 Å². The number of benzene rings is 10. The highest BCUT2D eigenvalue weighted by molar-refractivity contribution is 7.00. The smallest absolute Gasteiger partial charge is 0.252 e. The predicted octanol–water partition coefficient (Wildman–Crippen LogP) is 24.2. The summed E-state index contributed by atoms with van der Waals surface area (Å²) in [7, 11) is 0. The van der Waals surface area contributed by atoms with Crippen LogP contribution in [0.15, 0.2) is 194 Å². The third kappa shape index (κ3) is 12.0. The number of rotatable bonds is 6. The molecule has 0 fully saturated rings. The van der Waals surface area contributed by atoms with Gasteiger partial charge in [0.15, 0.2) is 0 Å². The average Bonchev–Trinajstić information content (AvgIpc) is 1.21. The number of nitrogens with zero attached hydrogens (tertiary/aromatic N) is 3. The van der Waals surface area contributed by atoms with Crippen molar-refractivity contribution in [2.24, 2.45) is 0 Å². The maximum absolute atomic E-state index is 2.65. The Labute approximate surface area is 577 Å². The molecule has 96 heavy (non-hydrogen) atoms. The zero-order valence-electron chi connectivity index (χ0n) is 62.4. The van der Waals surface area contributed by atoms with Gasteiger partial charge in [-0.2, -0.15) is 0 Å². The van der Waals surface area contributed by atoms with E-state index in [9.17, 15) is 0 Å². The Kier molecular flexibility index (Phi) is 15.6. The van der Waals surface area contributed by atoms with Gasteiger partial charge in [0.1, 0.15) is 0 Å². The Morgan fingerprint density at radius 2 is 0.615 bits per heavy atom. The highest BCUT2D eigenvalue weighted by Gasteiger charge is 2.45. The van der Waals surface area contributed by atoms with Gasteiger partial charge in [-0.1, -0.05) is 294 Å². The fourth-order valence-electron chi connectivity index (χ4n) is 14.7. The van der Waals surface area contributed by atoms with E-state index in [-0.39, 0.29) is 50.0 Å². The molecule has 0 saturated heterocycles. The fourth-order valence-corrected chi connectivity index (χ4v) is 14.7. The van der Waals surface area contributed by atoms with Crippen molar-refractivity contribution in [1.29, 1.82) is 0 Å². The van der Waals surface area contributed by atoms with Crippen molar-refractivity contribution in [3.63, 3.8) is 0 Å². The molecule has 11 aromatic rings. The summed E-state index contributed by atoms with van der Waals surface area (Å²) >= 11 is 0. The summed E-state index contributed by atoms with van der Waals surface area (Å²) in [4.78, 5) is 5.23. The summed E-state index contributed by atoms with van der Waals surface area (Å²) in [5.41, 5.74) is 32.5. The lowest BCUT2D eigenvalue weighted by Gasteiger charge is -2.44. The third-order valence-corrected chi connectivity index (χ3v) is 20.9. The van der Waals surface area contributed by atoms with Crippen LogP contribution in [0.25, 0.3) is 60.9 Å². The van der Waals surface area contributed by atoms with Gasteiger partial charge in [0.2, 0.25) is 0 Å². The number of hydrogen-bond acceptors (Lipinski definition) is 2. The molecule has 0 radical (unpaired) electrons. The SMILES string of the molecule is CC(C)(C)c1cc(-c2ccc(N3c4ccc(-c5cc(C(C)(C)C)cc(C(C)(C)C)c5)cc4B4c5ccc6c(c5N(c5ccc(-c7cc(C(C)(C)C)cc(C(C)(C)C)c7)cc5)c5cccc3c54)c3ccccc3n6-c3cc(C(C)(C)C)cc(C(C)(C)C)c3)cc2)cc(C(C)(C)C)c1. The zero-order valence-corrected chi connectivity index (χ0v) is 62.4. The van der Waals surface area contributed by atoms with Crippen LogP contribution in [0.2, 0.25) is 0 Å². The molecule has 2 aliphatic heterocycles. The topological polar surface area (TPSA) is 11.4 Å². The first-order valence-corrected chi connectivity index (χ1v) is 35.4. The molecule has 0 saturated carbocycles. The highest BCUT2D eigenvalue weighted by Crippen LogP contribution is 2.50. The molecule has 0 unspecified atom stereocenters. The Morgan fingerprint density at radius 3 is 1.03 bits per heavy atom. The Bertz CT molecular complexity index is 4740. The number of fused-ring (bicyclic) bond motifs is 8. The van der Waals surface area contributed by atoms with Crippen LogP contribution < -0.4 is 26.2 Å². The first-order chi connectivity index (χ1) is 44.6. The van der Waals surface area contributed by atoms with Crippen LogP contribution in [0.1, 0.15) is 211 Å². The molecule has 1 aromatic heterocycles. The minimum Gasteiger partial charge on any atom is -0.311 e. The number of anilines is 6. The molecule has 13 rings (SSSR count). The molecule has 3 heterocycles. The first-order valence-electron chi connectivity index (χ1n) is 35.4. The molecular weight excluding hydrogens is 1160 g/mol. The average molecular weight is 1260 g/mol. The number of para-hydroxylation sites is 1. The fraction of sp³-hybridized carbons (Fsp3) is 0.348. The van der Waals surface area contributed by atoms with Gasteiger partial charge in [-0.15, -0.1) is 0 Å². The molecule has 3 nitrogen and oxygen atoms in total. The van der Waals surface area contributed by atoms with E-state index in [1.165, 1.54) is 145 Å². The molecule has 0 spiro atoms. The lowest BCUT2D eigenvalue weighted by molar-refractivity contribution is 0.567. The largest absolute Gasteiger partial charge is 0.311 e. The van der Waals surface area contributed by atoms with Crippen LogP contribution in [-0.2, 0) is 43.3 Å². The van der Waals surface area contributed by atoms with Crippen LogP contribution in [0, 0.1) is 0 Å². The second-order valence-electron chi connectivity index (χ2n) is 36.6. The molecular formula is C92H104BN3.